The second kappa shape index (κ2) is 8.72. The zero-order chi connectivity index (χ0) is 15.8. The highest BCUT2D eigenvalue weighted by atomic mass is 16.3. The van der Waals surface area contributed by atoms with Crippen LogP contribution in [0.4, 0.5) is 0 Å². The third-order valence-corrected chi connectivity index (χ3v) is 4.00. The fourth-order valence-corrected chi connectivity index (χ4v) is 3.08. The van der Waals surface area contributed by atoms with Crippen LogP contribution in [-0.4, -0.2) is 23.2 Å². The molecule has 0 radical (unpaired) electrons. The Morgan fingerprint density at radius 3 is 2.05 bits per heavy atom. The maximum atomic E-state index is 9.25. The van der Waals surface area contributed by atoms with Crippen LogP contribution in [0, 0.1) is 5.92 Å². The van der Waals surface area contributed by atoms with Crippen LogP contribution in [0.1, 0.15) is 37.4 Å². The maximum absolute atomic E-state index is 9.25. The molecule has 0 aliphatic rings. The van der Waals surface area contributed by atoms with E-state index in [0.717, 1.165) is 19.5 Å². The van der Waals surface area contributed by atoms with Crippen molar-refractivity contribution in [2.75, 3.05) is 13.2 Å². The second-order valence-electron chi connectivity index (χ2n) is 6.13. The summed E-state index contributed by atoms with van der Waals surface area (Å²) in [5, 5.41) is 9.25. The number of nitrogens with zero attached hydrogens (tertiary/aromatic N) is 1. The number of hydrogen-bond donors (Lipinski definition) is 1. The molecule has 0 aromatic heterocycles. The third-order valence-electron chi connectivity index (χ3n) is 4.00. The lowest BCUT2D eigenvalue weighted by molar-refractivity contribution is 0.133. The lowest BCUT2D eigenvalue weighted by Gasteiger charge is -2.35. The highest BCUT2D eigenvalue weighted by molar-refractivity contribution is 5.21. The molecule has 0 saturated heterocycles. The first-order valence-corrected chi connectivity index (χ1v) is 8.16. The van der Waals surface area contributed by atoms with Crippen molar-refractivity contribution in [2.45, 2.75) is 32.9 Å². The molecule has 0 bridgehead atoms. The minimum atomic E-state index is 0.241. The number of rotatable bonds is 8. The van der Waals surface area contributed by atoms with Gasteiger partial charge in [-0.15, -0.1) is 0 Å². The van der Waals surface area contributed by atoms with Gasteiger partial charge >= 0.3 is 0 Å². The van der Waals surface area contributed by atoms with Gasteiger partial charge in [0.2, 0.25) is 0 Å². The summed E-state index contributed by atoms with van der Waals surface area (Å²) >= 11 is 0. The first-order valence-electron chi connectivity index (χ1n) is 8.16. The van der Waals surface area contributed by atoms with Crippen LogP contribution in [0.15, 0.2) is 60.7 Å². The first kappa shape index (κ1) is 16.7. The van der Waals surface area contributed by atoms with Gasteiger partial charge in [0.1, 0.15) is 0 Å². The fraction of sp³-hybridized carbons (Fsp3) is 0.400. The summed E-state index contributed by atoms with van der Waals surface area (Å²) in [6, 6.07) is 21.7. The van der Waals surface area contributed by atoms with Gasteiger partial charge in [0, 0.05) is 25.7 Å². The third kappa shape index (κ3) is 4.69. The quantitative estimate of drug-likeness (QED) is 0.786. The topological polar surface area (TPSA) is 23.5 Å². The molecule has 0 aliphatic heterocycles. The smallest absolute Gasteiger partial charge is 0.0443 e. The van der Waals surface area contributed by atoms with Crippen LogP contribution < -0.4 is 0 Å². The highest BCUT2D eigenvalue weighted by Gasteiger charge is 2.23. The van der Waals surface area contributed by atoms with E-state index in [0.29, 0.717) is 12.0 Å². The van der Waals surface area contributed by atoms with E-state index in [-0.39, 0.29) is 6.61 Å². The predicted octanol–water partition coefficient (Wildman–Crippen LogP) is 4.27. The molecule has 2 aromatic rings. The van der Waals surface area contributed by atoms with Gasteiger partial charge in [-0.3, -0.25) is 4.90 Å². The largest absolute Gasteiger partial charge is 0.396 e. The lowest BCUT2D eigenvalue weighted by atomic mass is 9.93. The molecule has 2 aromatic carbocycles. The molecule has 1 atom stereocenters. The average Bonchev–Trinajstić information content (AvgIpc) is 2.54. The van der Waals surface area contributed by atoms with Crippen LogP contribution >= 0.6 is 0 Å². The van der Waals surface area contributed by atoms with Gasteiger partial charge in [-0.1, -0.05) is 74.5 Å². The summed E-state index contributed by atoms with van der Waals surface area (Å²) in [6.45, 7) is 6.61. The Morgan fingerprint density at radius 1 is 0.909 bits per heavy atom. The van der Waals surface area contributed by atoms with Crippen molar-refractivity contribution in [3.63, 3.8) is 0 Å². The van der Waals surface area contributed by atoms with Crippen molar-refractivity contribution in [1.29, 1.82) is 0 Å². The van der Waals surface area contributed by atoms with Gasteiger partial charge in [-0.2, -0.15) is 0 Å². The van der Waals surface area contributed by atoms with Crippen LogP contribution in [0.25, 0.3) is 0 Å². The summed E-state index contributed by atoms with van der Waals surface area (Å²) in [4.78, 5) is 2.49. The van der Waals surface area contributed by atoms with Crippen molar-refractivity contribution in [3.8, 4) is 0 Å². The van der Waals surface area contributed by atoms with Gasteiger partial charge in [0.25, 0.3) is 0 Å². The van der Waals surface area contributed by atoms with Crippen molar-refractivity contribution >= 4 is 0 Å². The molecule has 2 nitrogen and oxygen atoms in total. The monoisotopic (exact) mass is 297 g/mol. The van der Waals surface area contributed by atoms with Crippen LogP contribution in [0.2, 0.25) is 0 Å². The molecule has 0 heterocycles. The minimum Gasteiger partial charge on any atom is -0.396 e. The lowest BCUT2D eigenvalue weighted by Crippen LogP contribution is -2.33. The Balaban J connectivity index is 2.24. The molecule has 118 valence electrons. The standard InChI is InChI=1S/C20H27NO/c1-17(2)20(19-12-7-4-8-13-19)21(14-9-15-22)16-18-10-5-3-6-11-18/h3-8,10-13,17,20,22H,9,14-16H2,1-2H3. The Bertz CT molecular complexity index is 524. The van der Waals surface area contributed by atoms with E-state index in [2.05, 4.69) is 79.4 Å². The molecule has 2 heteroatoms. The summed E-state index contributed by atoms with van der Waals surface area (Å²) < 4.78 is 0. The van der Waals surface area contributed by atoms with Crippen LogP contribution in [0.5, 0.6) is 0 Å². The average molecular weight is 297 g/mol. The maximum Gasteiger partial charge on any atom is 0.0443 e. The second-order valence-corrected chi connectivity index (χ2v) is 6.13. The van der Waals surface area contributed by atoms with E-state index in [1.54, 1.807) is 0 Å². The molecule has 0 spiro atoms. The molecule has 2 rings (SSSR count). The Kier molecular flexibility index (Phi) is 6.63. The number of aliphatic hydroxyl groups excluding tert-OH is 1. The van der Waals surface area contributed by atoms with Crippen LogP contribution in [-0.2, 0) is 6.54 Å². The van der Waals surface area contributed by atoms with Gasteiger partial charge in [0.15, 0.2) is 0 Å². The summed E-state index contributed by atoms with van der Waals surface area (Å²) in [7, 11) is 0. The van der Waals surface area contributed by atoms with E-state index in [4.69, 9.17) is 0 Å². The van der Waals surface area contributed by atoms with Crippen molar-refractivity contribution < 1.29 is 5.11 Å². The SMILES string of the molecule is CC(C)C(c1ccccc1)N(CCCO)Cc1ccccc1. The van der Waals surface area contributed by atoms with E-state index in [1.807, 2.05) is 0 Å². The Hall–Kier alpha value is -1.64. The van der Waals surface area contributed by atoms with Gasteiger partial charge in [-0.05, 0) is 23.5 Å². The first-order chi connectivity index (χ1) is 10.7. The van der Waals surface area contributed by atoms with Gasteiger partial charge in [-0.25, -0.2) is 0 Å². The number of hydrogen-bond acceptors (Lipinski definition) is 2. The van der Waals surface area contributed by atoms with Crippen molar-refractivity contribution in [1.82, 2.24) is 4.90 Å². The molecule has 0 aliphatic carbocycles. The van der Waals surface area contributed by atoms with Crippen LogP contribution in [0.3, 0.4) is 0 Å². The molecule has 1 N–H and O–H groups in total. The summed E-state index contributed by atoms with van der Waals surface area (Å²) in [5.74, 6) is 0.518. The Morgan fingerprint density at radius 2 is 1.50 bits per heavy atom. The summed E-state index contributed by atoms with van der Waals surface area (Å²) in [5.41, 5.74) is 2.67. The fourth-order valence-electron chi connectivity index (χ4n) is 3.08. The predicted molar refractivity (Wildman–Crippen MR) is 92.6 cm³/mol. The van der Waals surface area contributed by atoms with Gasteiger partial charge in [0.05, 0.1) is 0 Å². The Labute approximate surface area is 134 Å². The normalized spacial score (nSPS) is 12.8. The number of aliphatic hydroxyl groups is 1. The molecule has 0 saturated carbocycles. The van der Waals surface area contributed by atoms with Crippen molar-refractivity contribution in [2.24, 2.45) is 5.92 Å². The van der Waals surface area contributed by atoms with Gasteiger partial charge < -0.3 is 5.11 Å². The molecular weight excluding hydrogens is 270 g/mol. The summed E-state index contributed by atoms with van der Waals surface area (Å²) in [6.07, 6.45) is 0.808. The molecule has 0 amide bonds. The molecule has 22 heavy (non-hydrogen) atoms. The van der Waals surface area contributed by atoms with E-state index < -0.39 is 0 Å². The molecule has 0 fully saturated rings. The van der Waals surface area contributed by atoms with Crippen molar-refractivity contribution in [3.05, 3.63) is 71.8 Å². The van der Waals surface area contributed by atoms with E-state index in [1.165, 1.54) is 11.1 Å². The van der Waals surface area contributed by atoms with E-state index in [9.17, 15) is 5.11 Å². The minimum absolute atomic E-state index is 0.241. The molecule has 1 unspecified atom stereocenters. The number of benzene rings is 2. The van der Waals surface area contributed by atoms with E-state index >= 15 is 0 Å². The zero-order valence-electron chi connectivity index (χ0n) is 13.7. The zero-order valence-corrected chi connectivity index (χ0v) is 13.7. The molecular formula is C20H27NO. The highest BCUT2D eigenvalue weighted by Crippen LogP contribution is 2.30.